The van der Waals surface area contributed by atoms with Crippen molar-refractivity contribution in [2.75, 3.05) is 0 Å². The largest absolute Gasteiger partial charge is 0.289 e. The van der Waals surface area contributed by atoms with E-state index in [-0.39, 0.29) is 5.78 Å². The molecule has 3 rings (SSSR count). The lowest BCUT2D eigenvalue weighted by Gasteiger charge is -2.16. The van der Waals surface area contributed by atoms with E-state index in [9.17, 15) is 4.79 Å². The Labute approximate surface area is 152 Å². The van der Waals surface area contributed by atoms with Crippen molar-refractivity contribution in [3.63, 3.8) is 0 Å². The molecule has 0 bridgehead atoms. The molecular weight excluding hydrogens is 320 g/mol. The molecule has 0 aliphatic carbocycles. The average molecular weight is 345 g/mol. The van der Waals surface area contributed by atoms with Gasteiger partial charge in [-0.25, -0.2) is 0 Å². The molecule has 0 heterocycles. The van der Waals surface area contributed by atoms with Crippen molar-refractivity contribution in [2.45, 2.75) is 26.4 Å². The van der Waals surface area contributed by atoms with Gasteiger partial charge in [0.2, 0.25) is 0 Å². The molecular formula is C23H24OSi. The Morgan fingerprint density at radius 2 is 1.44 bits per heavy atom. The van der Waals surface area contributed by atoms with E-state index < -0.39 is 8.80 Å². The second-order valence-corrected chi connectivity index (χ2v) is 9.55. The molecule has 0 N–H and O–H groups in total. The molecule has 3 aromatic rings. The van der Waals surface area contributed by atoms with Gasteiger partial charge < -0.3 is 0 Å². The molecule has 25 heavy (non-hydrogen) atoms. The monoisotopic (exact) mass is 344 g/mol. The smallest absolute Gasteiger partial charge is 0.192 e. The molecule has 0 aliphatic rings. The number of carbonyl (C=O) groups is 1. The van der Waals surface area contributed by atoms with E-state index in [0.29, 0.717) is 0 Å². The third-order valence-electron chi connectivity index (χ3n) is 4.65. The van der Waals surface area contributed by atoms with Crippen LogP contribution in [-0.4, -0.2) is 14.6 Å². The second kappa shape index (κ2) is 7.62. The zero-order valence-corrected chi connectivity index (χ0v) is 16.3. The topological polar surface area (TPSA) is 17.1 Å². The average Bonchev–Trinajstić information content (AvgIpc) is 2.67. The highest BCUT2D eigenvalue weighted by Gasteiger charge is 2.18. The first-order valence-electron chi connectivity index (χ1n) is 8.93. The van der Waals surface area contributed by atoms with E-state index in [1.165, 1.54) is 16.3 Å². The van der Waals surface area contributed by atoms with Gasteiger partial charge in [0.15, 0.2) is 5.78 Å². The van der Waals surface area contributed by atoms with Crippen LogP contribution in [-0.2, 0) is 6.42 Å². The second-order valence-electron chi connectivity index (χ2n) is 6.66. The van der Waals surface area contributed by atoms with Gasteiger partial charge in [-0.1, -0.05) is 92.8 Å². The third kappa shape index (κ3) is 3.64. The lowest BCUT2D eigenvalue weighted by molar-refractivity contribution is 0.103. The Morgan fingerprint density at radius 3 is 2.04 bits per heavy atom. The SMILES string of the molecule is CCc1cccc(C(=O)c2ccc(-c3ccccc3)cc2)c1[SiH](C)C. The number of rotatable bonds is 5. The van der Waals surface area contributed by atoms with Crippen molar-refractivity contribution in [1.29, 1.82) is 0 Å². The third-order valence-corrected chi connectivity index (χ3v) is 6.49. The minimum atomic E-state index is -1.08. The molecule has 0 saturated carbocycles. The van der Waals surface area contributed by atoms with Gasteiger partial charge in [-0.2, -0.15) is 0 Å². The highest BCUT2D eigenvalue weighted by molar-refractivity contribution is 6.72. The van der Waals surface area contributed by atoms with Crippen LogP contribution >= 0.6 is 0 Å². The molecule has 0 spiro atoms. The Kier molecular flexibility index (Phi) is 5.30. The van der Waals surface area contributed by atoms with Crippen LogP contribution in [0.2, 0.25) is 13.1 Å². The van der Waals surface area contributed by atoms with Gasteiger partial charge in [-0.15, -0.1) is 0 Å². The van der Waals surface area contributed by atoms with E-state index in [1.807, 2.05) is 54.6 Å². The van der Waals surface area contributed by atoms with Crippen molar-refractivity contribution < 1.29 is 4.79 Å². The molecule has 3 aromatic carbocycles. The minimum absolute atomic E-state index is 0.145. The fraction of sp³-hybridized carbons (Fsp3) is 0.174. The van der Waals surface area contributed by atoms with Crippen LogP contribution in [0, 0.1) is 0 Å². The Bertz CT molecular complexity index is 864. The maximum absolute atomic E-state index is 13.1. The quantitative estimate of drug-likeness (QED) is 0.478. The van der Waals surface area contributed by atoms with Crippen molar-refractivity contribution >= 4 is 19.8 Å². The molecule has 0 radical (unpaired) electrons. The van der Waals surface area contributed by atoms with Crippen LogP contribution in [0.25, 0.3) is 11.1 Å². The number of hydrogen-bond acceptors (Lipinski definition) is 1. The van der Waals surface area contributed by atoms with Gasteiger partial charge in [0.25, 0.3) is 0 Å². The van der Waals surface area contributed by atoms with E-state index in [4.69, 9.17) is 0 Å². The highest BCUT2D eigenvalue weighted by Crippen LogP contribution is 2.20. The van der Waals surface area contributed by atoms with E-state index in [2.05, 4.69) is 38.2 Å². The summed E-state index contributed by atoms with van der Waals surface area (Å²) in [4.78, 5) is 13.1. The molecule has 0 atom stereocenters. The summed E-state index contributed by atoms with van der Waals surface area (Å²) in [6, 6.07) is 24.4. The molecule has 0 aromatic heterocycles. The van der Waals surface area contributed by atoms with Gasteiger partial charge >= 0.3 is 0 Å². The summed E-state index contributed by atoms with van der Waals surface area (Å²) in [7, 11) is -1.08. The normalized spacial score (nSPS) is 10.9. The van der Waals surface area contributed by atoms with Gasteiger partial charge in [-0.05, 0) is 28.3 Å². The van der Waals surface area contributed by atoms with Crippen molar-refractivity contribution in [1.82, 2.24) is 0 Å². The standard InChI is InChI=1S/C23H24OSi/c1-4-17-11-8-12-21(23(17)25(2)3)22(24)20-15-13-19(14-16-20)18-9-6-5-7-10-18/h5-16,25H,4H2,1-3H3. The summed E-state index contributed by atoms with van der Waals surface area (Å²) in [5, 5.41) is 1.32. The summed E-state index contributed by atoms with van der Waals surface area (Å²) >= 11 is 0. The summed E-state index contributed by atoms with van der Waals surface area (Å²) < 4.78 is 0. The van der Waals surface area contributed by atoms with Crippen LogP contribution in [0.4, 0.5) is 0 Å². The Morgan fingerprint density at radius 1 is 0.800 bits per heavy atom. The van der Waals surface area contributed by atoms with Gasteiger partial charge in [0, 0.05) is 11.1 Å². The fourth-order valence-electron chi connectivity index (χ4n) is 3.40. The first kappa shape index (κ1) is 17.4. The Balaban J connectivity index is 1.97. The number of benzene rings is 3. The van der Waals surface area contributed by atoms with Crippen LogP contribution in [0.15, 0.2) is 72.8 Å². The van der Waals surface area contributed by atoms with Crippen LogP contribution in [0.3, 0.4) is 0 Å². The maximum Gasteiger partial charge on any atom is 0.192 e. The van der Waals surface area contributed by atoms with Gasteiger partial charge in [0.05, 0.1) is 8.80 Å². The summed E-state index contributed by atoms with van der Waals surface area (Å²) in [6.07, 6.45) is 0.981. The first-order chi connectivity index (χ1) is 12.1. The predicted molar refractivity (Wildman–Crippen MR) is 110 cm³/mol. The lowest BCUT2D eigenvalue weighted by atomic mass is 9.98. The first-order valence-corrected chi connectivity index (χ1v) is 11.8. The van der Waals surface area contributed by atoms with Crippen LogP contribution < -0.4 is 5.19 Å². The number of hydrogen-bond donors (Lipinski definition) is 0. The highest BCUT2D eigenvalue weighted by atomic mass is 28.3. The number of ketones is 1. The number of aryl methyl sites for hydroxylation is 1. The maximum atomic E-state index is 13.1. The van der Waals surface area contributed by atoms with Crippen molar-refractivity contribution in [3.05, 3.63) is 89.5 Å². The summed E-state index contributed by atoms with van der Waals surface area (Å²) in [5.74, 6) is 0.145. The molecule has 0 fully saturated rings. The summed E-state index contributed by atoms with van der Waals surface area (Å²) in [5.41, 5.74) is 5.30. The Hall–Kier alpha value is -2.45. The van der Waals surface area contributed by atoms with E-state index in [1.54, 1.807) is 0 Å². The summed E-state index contributed by atoms with van der Waals surface area (Å²) in [6.45, 7) is 6.76. The van der Waals surface area contributed by atoms with Crippen molar-refractivity contribution in [2.24, 2.45) is 0 Å². The molecule has 1 nitrogen and oxygen atoms in total. The zero-order valence-electron chi connectivity index (χ0n) is 15.1. The molecule has 0 saturated heterocycles. The molecule has 0 aliphatic heterocycles. The van der Waals surface area contributed by atoms with Crippen molar-refractivity contribution in [3.8, 4) is 11.1 Å². The van der Waals surface area contributed by atoms with E-state index in [0.717, 1.165) is 23.1 Å². The lowest BCUT2D eigenvalue weighted by Crippen LogP contribution is -2.32. The van der Waals surface area contributed by atoms with E-state index >= 15 is 0 Å². The van der Waals surface area contributed by atoms with Crippen LogP contribution in [0.1, 0.15) is 28.4 Å². The van der Waals surface area contributed by atoms with Gasteiger partial charge in [-0.3, -0.25) is 4.79 Å². The van der Waals surface area contributed by atoms with Crippen LogP contribution in [0.5, 0.6) is 0 Å². The molecule has 126 valence electrons. The minimum Gasteiger partial charge on any atom is -0.289 e. The molecule has 2 heteroatoms. The number of carbonyl (C=O) groups excluding carboxylic acids is 1. The predicted octanol–water partition coefficient (Wildman–Crippen LogP) is 4.84. The van der Waals surface area contributed by atoms with Gasteiger partial charge in [0.1, 0.15) is 0 Å². The zero-order chi connectivity index (χ0) is 17.8. The molecule has 0 unspecified atom stereocenters. The fourth-order valence-corrected chi connectivity index (χ4v) is 5.29. The molecule has 0 amide bonds.